The van der Waals surface area contributed by atoms with Crippen molar-refractivity contribution in [3.8, 4) is 0 Å². The number of benzene rings is 1. The molecule has 1 atom stereocenters. The van der Waals surface area contributed by atoms with Crippen LogP contribution in [-0.4, -0.2) is 22.5 Å². The summed E-state index contributed by atoms with van der Waals surface area (Å²) >= 11 is 3.99. The Morgan fingerprint density at radius 3 is 2.90 bits per heavy atom. The van der Waals surface area contributed by atoms with Crippen LogP contribution in [0.15, 0.2) is 35.7 Å². The Hall–Kier alpha value is -0.920. The van der Waals surface area contributed by atoms with Crippen LogP contribution in [0.5, 0.6) is 0 Å². The summed E-state index contributed by atoms with van der Waals surface area (Å²) in [5.41, 5.74) is 2.16. The van der Waals surface area contributed by atoms with E-state index >= 15 is 0 Å². The number of nitrogens with zero attached hydrogens (tertiary/aromatic N) is 1. The van der Waals surface area contributed by atoms with Crippen molar-refractivity contribution in [2.24, 2.45) is 0 Å². The number of carboxylic acids is 1. The van der Waals surface area contributed by atoms with Crippen molar-refractivity contribution in [1.82, 2.24) is 4.90 Å². The number of fused-ring (bicyclic) bond motifs is 1. The molecule has 2 aromatic rings. The standard InChI is InChI=1S/C15H14INO2S/c16-12-4-2-1-3-11(12)14(15(18)19)17-7-5-13-10(9-17)6-8-20-13/h1-4,6,8,14H,5,7,9H2,(H,18,19)/t14-/m1/s1. The fourth-order valence-electron chi connectivity index (χ4n) is 2.67. The van der Waals surface area contributed by atoms with Gasteiger partial charge in [-0.25, -0.2) is 0 Å². The molecule has 0 fully saturated rings. The highest BCUT2D eigenvalue weighted by Crippen LogP contribution is 2.32. The molecule has 1 N–H and O–H groups in total. The lowest BCUT2D eigenvalue weighted by Crippen LogP contribution is -2.38. The van der Waals surface area contributed by atoms with Crippen molar-refractivity contribution in [3.05, 3.63) is 55.3 Å². The smallest absolute Gasteiger partial charge is 0.325 e. The van der Waals surface area contributed by atoms with Gasteiger partial charge < -0.3 is 5.11 Å². The zero-order chi connectivity index (χ0) is 14.1. The number of rotatable bonds is 3. The van der Waals surface area contributed by atoms with E-state index in [1.165, 1.54) is 10.4 Å². The third-order valence-corrected chi connectivity index (χ3v) is 5.64. The van der Waals surface area contributed by atoms with E-state index in [1.54, 1.807) is 11.3 Å². The number of hydrogen-bond donors (Lipinski definition) is 1. The number of halogens is 1. The normalized spacial score (nSPS) is 16.6. The van der Waals surface area contributed by atoms with E-state index < -0.39 is 12.0 Å². The SMILES string of the molecule is O=C(O)[C@@H](c1ccccc1I)N1CCc2sccc2C1. The van der Waals surface area contributed by atoms with E-state index in [-0.39, 0.29) is 0 Å². The molecule has 1 aromatic carbocycles. The second-order valence-electron chi connectivity index (χ2n) is 4.85. The summed E-state index contributed by atoms with van der Waals surface area (Å²) in [6.07, 6.45) is 0.945. The Morgan fingerprint density at radius 2 is 2.15 bits per heavy atom. The molecular weight excluding hydrogens is 385 g/mol. The first-order chi connectivity index (χ1) is 9.66. The largest absolute Gasteiger partial charge is 0.480 e. The van der Waals surface area contributed by atoms with Gasteiger partial charge in [0.1, 0.15) is 6.04 Å². The fourth-order valence-corrected chi connectivity index (χ4v) is 4.25. The average molecular weight is 399 g/mol. The summed E-state index contributed by atoms with van der Waals surface area (Å²) in [7, 11) is 0. The van der Waals surface area contributed by atoms with Gasteiger partial charge in [0.05, 0.1) is 0 Å². The summed E-state index contributed by atoms with van der Waals surface area (Å²) in [6, 6.07) is 9.29. The van der Waals surface area contributed by atoms with Crippen molar-refractivity contribution in [3.63, 3.8) is 0 Å². The molecule has 0 saturated heterocycles. The molecular formula is C15H14INO2S. The summed E-state index contributed by atoms with van der Waals surface area (Å²) in [5, 5.41) is 11.8. The van der Waals surface area contributed by atoms with E-state index in [0.29, 0.717) is 0 Å². The van der Waals surface area contributed by atoms with E-state index in [0.717, 1.165) is 28.6 Å². The van der Waals surface area contributed by atoms with Crippen LogP contribution in [0.25, 0.3) is 0 Å². The van der Waals surface area contributed by atoms with Crippen molar-refractivity contribution in [2.45, 2.75) is 19.0 Å². The molecule has 0 spiro atoms. The summed E-state index contributed by atoms with van der Waals surface area (Å²) in [5.74, 6) is -0.771. The van der Waals surface area contributed by atoms with E-state index in [9.17, 15) is 9.90 Å². The molecule has 0 radical (unpaired) electrons. The summed E-state index contributed by atoms with van der Waals surface area (Å²) in [6.45, 7) is 1.52. The fraction of sp³-hybridized carbons (Fsp3) is 0.267. The van der Waals surface area contributed by atoms with Gasteiger partial charge in [0, 0.05) is 21.5 Å². The highest BCUT2D eigenvalue weighted by atomic mass is 127. The van der Waals surface area contributed by atoms with Crippen molar-refractivity contribution in [1.29, 1.82) is 0 Å². The average Bonchev–Trinajstić information content (AvgIpc) is 2.88. The number of carboxylic acid groups (broad SMARTS) is 1. The summed E-state index contributed by atoms with van der Waals surface area (Å²) < 4.78 is 1.01. The minimum Gasteiger partial charge on any atom is -0.480 e. The Bertz CT molecular complexity index is 640. The van der Waals surface area contributed by atoms with Crippen LogP contribution in [-0.2, 0) is 17.8 Å². The Labute approximate surface area is 135 Å². The zero-order valence-electron chi connectivity index (χ0n) is 10.8. The third-order valence-electron chi connectivity index (χ3n) is 3.64. The monoisotopic (exact) mass is 399 g/mol. The van der Waals surface area contributed by atoms with Crippen LogP contribution >= 0.6 is 33.9 Å². The molecule has 0 saturated carbocycles. The molecule has 1 aromatic heterocycles. The van der Waals surface area contributed by atoms with Gasteiger partial charge in [-0.05, 0) is 57.7 Å². The van der Waals surface area contributed by atoms with Crippen molar-refractivity contribution in [2.75, 3.05) is 6.54 Å². The lowest BCUT2D eigenvalue weighted by molar-refractivity contribution is -0.144. The molecule has 0 unspecified atom stereocenters. The van der Waals surface area contributed by atoms with Crippen LogP contribution in [0.4, 0.5) is 0 Å². The van der Waals surface area contributed by atoms with Gasteiger partial charge >= 0.3 is 5.97 Å². The quantitative estimate of drug-likeness (QED) is 0.803. The van der Waals surface area contributed by atoms with Crippen LogP contribution in [0, 0.1) is 3.57 Å². The molecule has 3 rings (SSSR count). The minimum absolute atomic E-state index is 0.559. The van der Waals surface area contributed by atoms with E-state index in [1.807, 2.05) is 24.3 Å². The molecule has 0 bridgehead atoms. The molecule has 20 heavy (non-hydrogen) atoms. The van der Waals surface area contributed by atoms with Gasteiger partial charge in [0.25, 0.3) is 0 Å². The highest BCUT2D eigenvalue weighted by molar-refractivity contribution is 14.1. The van der Waals surface area contributed by atoms with Crippen LogP contribution < -0.4 is 0 Å². The van der Waals surface area contributed by atoms with E-state index in [4.69, 9.17) is 0 Å². The topological polar surface area (TPSA) is 40.5 Å². The van der Waals surface area contributed by atoms with Crippen molar-refractivity contribution < 1.29 is 9.90 Å². The predicted octanol–water partition coefficient (Wildman–Crippen LogP) is 3.54. The Kier molecular flexibility index (Phi) is 4.09. The third kappa shape index (κ3) is 2.62. The summed E-state index contributed by atoms with van der Waals surface area (Å²) in [4.78, 5) is 15.2. The molecule has 0 amide bonds. The van der Waals surface area contributed by atoms with Gasteiger partial charge in [-0.2, -0.15) is 0 Å². The number of hydrogen-bond acceptors (Lipinski definition) is 3. The highest BCUT2D eigenvalue weighted by Gasteiger charge is 2.31. The Balaban J connectivity index is 1.93. The molecule has 5 heteroatoms. The molecule has 2 heterocycles. The second-order valence-corrected chi connectivity index (χ2v) is 7.01. The van der Waals surface area contributed by atoms with Crippen LogP contribution in [0.1, 0.15) is 22.0 Å². The molecule has 1 aliphatic heterocycles. The van der Waals surface area contributed by atoms with Gasteiger partial charge in [-0.3, -0.25) is 9.69 Å². The number of thiophene rings is 1. The molecule has 0 aliphatic carbocycles. The first-order valence-corrected chi connectivity index (χ1v) is 8.39. The van der Waals surface area contributed by atoms with E-state index in [2.05, 4.69) is 38.9 Å². The van der Waals surface area contributed by atoms with Gasteiger partial charge in [0.15, 0.2) is 0 Å². The van der Waals surface area contributed by atoms with Crippen molar-refractivity contribution >= 4 is 39.9 Å². The first-order valence-electron chi connectivity index (χ1n) is 6.43. The maximum Gasteiger partial charge on any atom is 0.325 e. The predicted molar refractivity (Wildman–Crippen MR) is 88.0 cm³/mol. The van der Waals surface area contributed by atoms with Gasteiger partial charge in [-0.1, -0.05) is 18.2 Å². The zero-order valence-corrected chi connectivity index (χ0v) is 13.7. The number of aliphatic carboxylic acids is 1. The Morgan fingerprint density at radius 1 is 1.35 bits per heavy atom. The molecule has 1 aliphatic rings. The lowest BCUT2D eigenvalue weighted by Gasteiger charge is -2.32. The van der Waals surface area contributed by atoms with Gasteiger partial charge in [0.2, 0.25) is 0 Å². The maximum atomic E-state index is 11.8. The maximum absolute atomic E-state index is 11.8. The van der Waals surface area contributed by atoms with Gasteiger partial charge in [-0.15, -0.1) is 11.3 Å². The molecule has 3 nitrogen and oxygen atoms in total. The van der Waals surface area contributed by atoms with Crippen LogP contribution in [0.3, 0.4) is 0 Å². The lowest BCUT2D eigenvalue weighted by atomic mass is 10.0. The molecule has 104 valence electrons. The van der Waals surface area contributed by atoms with Crippen LogP contribution in [0.2, 0.25) is 0 Å². The minimum atomic E-state index is -0.771. The second kappa shape index (κ2) is 5.83. The first kappa shape index (κ1) is 14.0. The number of carbonyl (C=O) groups is 1.